The van der Waals surface area contributed by atoms with Gasteiger partial charge in [0, 0.05) is 51.8 Å². The highest BCUT2D eigenvalue weighted by Crippen LogP contribution is 2.47. The molecule has 0 aliphatic rings. The largest absolute Gasteiger partial charge is 0.339 e. The molecule has 0 aliphatic heterocycles. The lowest BCUT2D eigenvalue weighted by Gasteiger charge is -2.02. The summed E-state index contributed by atoms with van der Waals surface area (Å²) in [5.74, 6) is 5.60. The van der Waals surface area contributed by atoms with Crippen LogP contribution < -0.4 is 0 Å². The van der Waals surface area contributed by atoms with Crippen LogP contribution in [-0.4, -0.2) is 4.57 Å². The van der Waals surface area contributed by atoms with Crippen LogP contribution in [0.25, 0.3) is 57.7 Å². The third-order valence-corrected chi connectivity index (χ3v) is 14.3. The number of fused-ring (bicyclic) bond motifs is 3. The Morgan fingerprint density at radius 1 is 0.776 bits per heavy atom. The van der Waals surface area contributed by atoms with Crippen LogP contribution in [0.4, 0.5) is 0 Å². The fraction of sp³-hybridized carbons (Fsp3) is 0.214. The average molecular weight is 729 g/mol. The topological polar surface area (TPSA) is 28.7 Å². The molecule has 0 unspecified atom stereocenters. The van der Waals surface area contributed by atoms with Crippen LogP contribution in [0.15, 0.2) is 77.4 Å². The van der Waals surface area contributed by atoms with Gasteiger partial charge in [-0.25, -0.2) is 0 Å². The van der Waals surface area contributed by atoms with Crippen molar-refractivity contribution in [1.29, 1.82) is 5.26 Å². The highest BCUT2D eigenvalue weighted by atomic mass is 32.1. The van der Waals surface area contributed by atoms with Crippen LogP contribution in [0.2, 0.25) is 0 Å². The number of nitrogens with zero attached hydrogens (tertiary/aromatic N) is 2. The third kappa shape index (κ3) is 7.56. The van der Waals surface area contributed by atoms with E-state index in [0.29, 0.717) is 0 Å². The van der Waals surface area contributed by atoms with E-state index < -0.39 is 0 Å². The first kappa shape index (κ1) is 34.7. The minimum absolute atomic E-state index is 0.789. The molecular weight excluding hydrogens is 693 g/mol. The number of unbranched alkanes of at least 4 members (excludes halogenated alkanes) is 1. The van der Waals surface area contributed by atoms with E-state index in [1.165, 1.54) is 55.3 Å². The van der Waals surface area contributed by atoms with E-state index in [-0.39, 0.29) is 0 Å². The van der Waals surface area contributed by atoms with Crippen molar-refractivity contribution >= 4 is 94.8 Å². The summed E-state index contributed by atoms with van der Waals surface area (Å²) >= 11 is 9.06. The molecule has 0 atom stereocenters. The van der Waals surface area contributed by atoms with Gasteiger partial charge >= 0.3 is 0 Å². The van der Waals surface area contributed by atoms with Gasteiger partial charge in [0.25, 0.3) is 0 Å². The van der Waals surface area contributed by atoms with Gasteiger partial charge in [-0.1, -0.05) is 38.2 Å². The predicted molar refractivity (Wildman–Crippen MR) is 222 cm³/mol. The molecule has 49 heavy (non-hydrogen) atoms. The van der Waals surface area contributed by atoms with E-state index in [1.54, 1.807) is 22.7 Å². The molecule has 0 fully saturated rings. The molecule has 0 radical (unpaired) electrons. The molecule has 6 aromatic heterocycles. The van der Waals surface area contributed by atoms with Crippen molar-refractivity contribution < 1.29 is 0 Å². The van der Waals surface area contributed by atoms with Gasteiger partial charge in [0.05, 0.1) is 31.4 Å². The first-order valence-electron chi connectivity index (χ1n) is 16.3. The maximum atomic E-state index is 9.46. The van der Waals surface area contributed by atoms with E-state index in [4.69, 9.17) is 12.8 Å². The zero-order chi connectivity index (χ0) is 34.5. The van der Waals surface area contributed by atoms with E-state index in [2.05, 4.69) is 97.9 Å². The lowest BCUT2D eigenvalue weighted by molar-refractivity contribution is 0.725. The average Bonchev–Trinajstić information content (AvgIpc) is 3.95. The minimum Gasteiger partial charge on any atom is -0.339 e. The van der Waals surface area contributed by atoms with Crippen molar-refractivity contribution in [2.45, 2.75) is 59.9 Å². The molecule has 6 rings (SSSR count). The number of hydrogen-bond acceptors (Lipinski definition) is 6. The molecule has 0 spiro atoms. The van der Waals surface area contributed by atoms with Gasteiger partial charge in [0.1, 0.15) is 0 Å². The number of nitriles is 1. The van der Waals surface area contributed by atoms with Crippen LogP contribution in [-0.2, 0) is 6.54 Å². The Balaban J connectivity index is 1.28. The second kappa shape index (κ2) is 15.6. The van der Waals surface area contributed by atoms with Crippen LogP contribution >= 0.6 is 56.7 Å². The fourth-order valence-corrected chi connectivity index (χ4v) is 11.0. The zero-order valence-electron chi connectivity index (χ0n) is 28.1. The maximum Gasteiger partial charge on any atom is 0.0947 e. The second-order valence-corrected chi connectivity index (χ2v) is 17.2. The van der Waals surface area contributed by atoms with Crippen molar-refractivity contribution in [3.8, 4) is 50.3 Å². The minimum atomic E-state index is 0.789. The molecule has 7 heteroatoms. The Bertz CT molecular complexity index is 2390. The van der Waals surface area contributed by atoms with Gasteiger partial charge < -0.3 is 4.57 Å². The number of hydrogen-bond donors (Lipinski definition) is 0. The summed E-state index contributed by atoms with van der Waals surface area (Å²) in [5.41, 5.74) is 6.49. The highest BCUT2D eigenvalue weighted by Gasteiger charge is 2.19. The Kier molecular flexibility index (Phi) is 11.1. The van der Waals surface area contributed by atoms with E-state index in [0.717, 1.165) is 58.7 Å². The standard InChI is InChI=1S/C42H36N2S5/c1-7-11-12-29(26-43)14-13-27(5)30(9-3)23-33-17-20-38(47-33)40-25-35-42(49-40)41-34(44(35)21-8-2)24-39(48-41)37-19-16-32(46-37)22-28(6)36-18-15-31(10-4)45-36/h3-4,13-20,22-25H,7-8,11-12,21H2,1-2,5-6H3/b27-13+,28-22+,29-14+,30-23+. The first-order chi connectivity index (χ1) is 23.8. The van der Waals surface area contributed by atoms with Gasteiger partial charge in [-0.3, -0.25) is 0 Å². The number of thiophene rings is 5. The monoisotopic (exact) mass is 728 g/mol. The molecule has 2 nitrogen and oxygen atoms in total. The number of allylic oxidation sites excluding steroid dienone is 6. The Labute approximate surface area is 309 Å². The lowest BCUT2D eigenvalue weighted by atomic mass is 10.0. The first-order valence-corrected chi connectivity index (χ1v) is 20.4. The SMILES string of the molecule is C#CC(=C\c1ccc(-c2cc3c(s2)c2sc(-c4ccc(/C=C(\C)c5ccc(C#C)s5)s4)cc2n3CCC)s1)/C(C)=C/C=C(/C#N)CCCC. The molecule has 0 saturated heterocycles. The smallest absolute Gasteiger partial charge is 0.0947 e. The fourth-order valence-electron chi connectivity index (χ4n) is 5.63. The molecule has 0 bridgehead atoms. The molecule has 6 heterocycles. The number of aromatic nitrogens is 1. The molecular formula is C42H36N2S5. The molecule has 0 amide bonds. The van der Waals surface area contributed by atoms with Crippen LogP contribution in [0, 0.1) is 36.0 Å². The van der Waals surface area contributed by atoms with E-state index in [9.17, 15) is 5.26 Å². The van der Waals surface area contributed by atoms with E-state index >= 15 is 0 Å². The van der Waals surface area contributed by atoms with Crippen molar-refractivity contribution in [2.75, 3.05) is 0 Å². The predicted octanol–water partition coefficient (Wildman–Crippen LogP) is 14.0. The number of terminal acetylenes is 2. The summed E-state index contributed by atoms with van der Waals surface area (Å²) in [4.78, 5) is 9.69. The number of aryl methyl sites for hydroxylation is 1. The molecule has 0 aliphatic carbocycles. The molecule has 6 aromatic rings. The molecule has 0 N–H and O–H groups in total. The lowest BCUT2D eigenvalue weighted by Crippen LogP contribution is -1.94. The van der Waals surface area contributed by atoms with Crippen molar-refractivity contribution in [1.82, 2.24) is 4.57 Å². The Morgan fingerprint density at radius 2 is 1.43 bits per heavy atom. The Morgan fingerprint density at radius 3 is 1.98 bits per heavy atom. The summed E-state index contributed by atoms with van der Waals surface area (Å²) in [6.07, 6.45) is 23.7. The van der Waals surface area contributed by atoms with Crippen molar-refractivity contribution in [2.24, 2.45) is 0 Å². The van der Waals surface area contributed by atoms with Gasteiger partial charge in [-0.15, -0.1) is 69.5 Å². The summed E-state index contributed by atoms with van der Waals surface area (Å²) in [6.45, 7) is 9.54. The number of rotatable bonds is 12. The quantitative estimate of drug-likeness (QED) is 0.0701. The summed E-state index contributed by atoms with van der Waals surface area (Å²) in [6, 6.07) is 20.0. The molecule has 0 aromatic carbocycles. The van der Waals surface area contributed by atoms with Gasteiger partial charge in [0.2, 0.25) is 0 Å². The van der Waals surface area contributed by atoms with Crippen LogP contribution in [0.3, 0.4) is 0 Å². The third-order valence-electron chi connectivity index (χ3n) is 8.24. The second-order valence-electron chi connectivity index (χ2n) is 11.8. The van der Waals surface area contributed by atoms with Crippen LogP contribution in [0.1, 0.15) is 72.9 Å². The molecule has 244 valence electrons. The van der Waals surface area contributed by atoms with Gasteiger partial charge in [0.15, 0.2) is 0 Å². The normalized spacial score (nSPS) is 12.9. The van der Waals surface area contributed by atoms with Gasteiger partial charge in [-0.05, 0) is 111 Å². The van der Waals surface area contributed by atoms with Crippen molar-refractivity contribution in [3.05, 3.63) is 96.9 Å². The van der Waals surface area contributed by atoms with Crippen molar-refractivity contribution in [3.63, 3.8) is 0 Å². The summed E-state index contributed by atoms with van der Waals surface area (Å²) < 4.78 is 5.24. The summed E-state index contributed by atoms with van der Waals surface area (Å²) in [5, 5.41) is 9.46. The molecule has 0 saturated carbocycles. The maximum absolute atomic E-state index is 9.46. The van der Waals surface area contributed by atoms with Crippen LogP contribution in [0.5, 0.6) is 0 Å². The zero-order valence-corrected chi connectivity index (χ0v) is 32.1. The Hall–Kier alpha value is -4.13. The van der Waals surface area contributed by atoms with Gasteiger partial charge in [-0.2, -0.15) is 5.26 Å². The van der Waals surface area contributed by atoms with E-state index in [1.807, 2.05) is 59.2 Å². The summed E-state index contributed by atoms with van der Waals surface area (Å²) in [7, 11) is 0. The highest BCUT2D eigenvalue weighted by molar-refractivity contribution is 7.32.